The van der Waals surface area contributed by atoms with Gasteiger partial charge in [-0.2, -0.15) is 0 Å². The summed E-state index contributed by atoms with van der Waals surface area (Å²) in [6, 6.07) is 8.15. The van der Waals surface area contributed by atoms with Crippen LogP contribution in [0.5, 0.6) is 17.2 Å². The number of hydrogen-bond acceptors (Lipinski definition) is 8. The molecule has 0 spiro atoms. The van der Waals surface area contributed by atoms with Crippen molar-refractivity contribution in [2.45, 2.75) is 24.8 Å². The van der Waals surface area contributed by atoms with Gasteiger partial charge in [-0.15, -0.1) is 0 Å². The van der Waals surface area contributed by atoms with Gasteiger partial charge in [0.1, 0.15) is 22.1 Å². The third-order valence-electron chi connectivity index (χ3n) is 4.12. The van der Waals surface area contributed by atoms with Gasteiger partial charge in [0.25, 0.3) is 0 Å². The van der Waals surface area contributed by atoms with Crippen LogP contribution in [-0.2, 0) is 14.8 Å². The molecule has 0 aromatic heterocycles. The molecule has 0 aliphatic carbocycles. The average molecular weight is 451 g/mol. The second kappa shape index (κ2) is 10.3. The molecule has 9 nitrogen and oxygen atoms in total. The van der Waals surface area contributed by atoms with Crippen LogP contribution in [0.3, 0.4) is 0 Å². The summed E-state index contributed by atoms with van der Waals surface area (Å²) in [6.45, 7) is 2.77. The first kappa shape index (κ1) is 24.2. The van der Waals surface area contributed by atoms with Crippen molar-refractivity contribution < 1.29 is 37.0 Å². The van der Waals surface area contributed by atoms with E-state index in [0.717, 1.165) is 6.07 Å². The molecule has 0 fully saturated rings. The van der Waals surface area contributed by atoms with Crippen molar-refractivity contribution in [3.05, 3.63) is 47.5 Å². The van der Waals surface area contributed by atoms with Gasteiger partial charge in [-0.3, -0.25) is 4.79 Å². The molecule has 2 aromatic rings. The molecule has 0 atom stereocenters. The summed E-state index contributed by atoms with van der Waals surface area (Å²) in [7, 11) is 0.262. The molecule has 0 saturated carbocycles. The lowest BCUT2D eigenvalue weighted by Crippen LogP contribution is -2.30. The lowest BCUT2D eigenvalue weighted by Gasteiger charge is -2.14. The van der Waals surface area contributed by atoms with E-state index in [-0.39, 0.29) is 27.8 Å². The minimum absolute atomic E-state index is 0.0460. The normalized spacial score (nSPS) is 11.2. The third-order valence-corrected chi connectivity index (χ3v) is 5.80. The molecule has 0 saturated heterocycles. The van der Waals surface area contributed by atoms with Gasteiger partial charge in [-0.25, -0.2) is 17.9 Å². The number of hydrogen-bond donors (Lipinski definition) is 1. The number of carbonyl (C=O) groups is 2. The molecule has 0 heterocycles. The predicted molar refractivity (Wildman–Crippen MR) is 113 cm³/mol. The number of ether oxygens (including phenoxy) is 4. The van der Waals surface area contributed by atoms with E-state index in [1.807, 2.05) is 0 Å². The van der Waals surface area contributed by atoms with Crippen molar-refractivity contribution in [1.29, 1.82) is 0 Å². The molecule has 2 rings (SSSR count). The Morgan fingerprint density at radius 3 is 2.16 bits per heavy atom. The lowest BCUT2D eigenvalue weighted by molar-refractivity contribution is 0.0473. The Hall–Kier alpha value is -3.11. The Balaban J connectivity index is 2.23. The Bertz CT molecular complexity index is 1060. The Morgan fingerprint density at radius 1 is 0.935 bits per heavy atom. The van der Waals surface area contributed by atoms with E-state index in [4.69, 9.17) is 18.9 Å². The second-order valence-corrected chi connectivity index (χ2v) is 8.39. The van der Waals surface area contributed by atoms with Gasteiger partial charge in [0.15, 0.2) is 6.61 Å². The van der Waals surface area contributed by atoms with Gasteiger partial charge in [0.2, 0.25) is 15.8 Å². The third kappa shape index (κ3) is 5.96. The highest BCUT2D eigenvalue weighted by atomic mass is 32.2. The van der Waals surface area contributed by atoms with Gasteiger partial charge in [-0.05, 0) is 50.2 Å². The SMILES string of the molecule is COc1ccc(OC)c(C(=O)COC(=O)c2ccc(OC)c(S(=O)(=O)NC(C)C)c2)c1. The van der Waals surface area contributed by atoms with E-state index in [0.29, 0.717) is 11.5 Å². The van der Waals surface area contributed by atoms with E-state index < -0.39 is 28.4 Å². The van der Waals surface area contributed by atoms with Crippen LogP contribution in [0.1, 0.15) is 34.6 Å². The average Bonchev–Trinajstić information content (AvgIpc) is 2.75. The molecule has 0 aliphatic rings. The van der Waals surface area contributed by atoms with Gasteiger partial charge >= 0.3 is 5.97 Å². The van der Waals surface area contributed by atoms with Crippen LogP contribution >= 0.6 is 0 Å². The number of sulfonamides is 1. The number of benzene rings is 2. The molecule has 1 N–H and O–H groups in total. The number of ketones is 1. The number of methoxy groups -OCH3 is 3. The zero-order valence-electron chi connectivity index (χ0n) is 17.9. The summed E-state index contributed by atoms with van der Waals surface area (Å²) in [5.41, 5.74) is 0.143. The quantitative estimate of drug-likeness (QED) is 0.432. The topological polar surface area (TPSA) is 117 Å². The molecule has 31 heavy (non-hydrogen) atoms. The fraction of sp³-hybridized carbons (Fsp3) is 0.333. The first-order chi connectivity index (χ1) is 14.6. The number of nitrogens with one attached hydrogen (secondary N) is 1. The minimum atomic E-state index is -3.93. The highest BCUT2D eigenvalue weighted by Gasteiger charge is 2.23. The molecule has 0 radical (unpaired) electrons. The van der Waals surface area contributed by atoms with E-state index in [9.17, 15) is 18.0 Å². The maximum atomic E-state index is 12.6. The van der Waals surface area contributed by atoms with Crippen LogP contribution in [0.2, 0.25) is 0 Å². The zero-order chi connectivity index (χ0) is 23.2. The van der Waals surface area contributed by atoms with E-state index in [2.05, 4.69) is 4.72 Å². The van der Waals surface area contributed by atoms with E-state index >= 15 is 0 Å². The number of carbonyl (C=O) groups excluding carboxylic acids is 2. The Morgan fingerprint density at radius 2 is 1.58 bits per heavy atom. The van der Waals surface area contributed by atoms with Crippen molar-refractivity contribution >= 4 is 21.8 Å². The molecule has 0 aliphatic heterocycles. The molecule has 0 amide bonds. The Kier molecular flexibility index (Phi) is 8.01. The fourth-order valence-electron chi connectivity index (χ4n) is 2.71. The molecule has 0 bridgehead atoms. The summed E-state index contributed by atoms with van der Waals surface area (Å²) < 4.78 is 48.0. The highest BCUT2D eigenvalue weighted by molar-refractivity contribution is 7.89. The van der Waals surface area contributed by atoms with Crippen molar-refractivity contribution in [2.75, 3.05) is 27.9 Å². The molecule has 0 unspecified atom stereocenters. The van der Waals surface area contributed by atoms with Gasteiger partial charge in [-0.1, -0.05) is 0 Å². The summed E-state index contributed by atoms with van der Waals surface area (Å²) in [5.74, 6) is -0.551. The Labute approximate surface area is 181 Å². The first-order valence-electron chi connectivity index (χ1n) is 9.25. The summed E-state index contributed by atoms with van der Waals surface area (Å²) >= 11 is 0. The standard InChI is InChI=1S/C21H25NO8S/c1-13(2)22-31(25,26)20-10-14(6-8-19(20)29-5)21(24)30-12-17(23)16-11-15(27-3)7-9-18(16)28-4/h6-11,13,22H,12H2,1-5H3. The van der Waals surface area contributed by atoms with Crippen LogP contribution < -0.4 is 18.9 Å². The molecule has 2 aromatic carbocycles. The minimum Gasteiger partial charge on any atom is -0.497 e. The van der Waals surface area contributed by atoms with Gasteiger partial charge < -0.3 is 18.9 Å². The zero-order valence-corrected chi connectivity index (χ0v) is 18.7. The van der Waals surface area contributed by atoms with E-state index in [1.54, 1.807) is 26.0 Å². The molecule has 10 heteroatoms. The smallest absolute Gasteiger partial charge is 0.338 e. The van der Waals surface area contributed by atoms with Gasteiger partial charge in [0.05, 0.1) is 32.5 Å². The van der Waals surface area contributed by atoms with Crippen LogP contribution in [-0.4, -0.2) is 54.1 Å². The summed E-state index contributed by atoms with van der Waals surface area (Å²) in [4.78, 5) is 24.8. The van der Waals surface area contributed by atoms with Crippen molar-refractivity contribution in [2.24, 2.45) is 0 Å². The lowest BCUT2D eigenvalue weighted by atomic mass is 10.1. The van der Waals surface area contributed by atoms with Crippen LogP contribution in [0.4, 0.5) is 0 Å². The highest BCUT2D eigenvalue weighted by Crippen LogP contribution is 2.26. The van der Waals surface area contributed by atoms with Crippen LogP contribution in [0.25, 0.3) is 0 Å². The summed E-state index contributed by atoms with van der Waals surface area (Å²) in [6.07, 6.45) is 0. The van der Waals surface area contributed by atoms with Crippen LogP contribution in [0.15, 0.2) is 41.3 Å². The predicted octanol–water partition coefficient (Wildman–Crippen LogP) is 2.44. The largest absolute Gasteiger partial charge is 0.497 e. The first-order valence-corrected chi connectivity index (χ1v) is 10.7. The maximum Gasteiger partial charge on any atom is 0.338 e. The molecular formula is C21H25NO8S. The van der Waals surface area contributed by atoms with Crippen molar-refractivity contribution in [3.63, 3.8) is 0 Å². The van der Waals surface area contributed by atoms with Crippen molar-refractivity contribution in [3.8, 4) is 17.2 Å². The second-order valence-electron chi connectivity index (χ2n) is 6.71. The van der Waals surface area contributed by atoms with E-state index in [1.165, 1.54) is 39.5 Å². The van der Waals surface area contributed by atoms with Gasteiger partial charge in [0, 0.05) is 6.04 Å². The number of rotatable bonds is 10. The monoisotopic (exact) mass is 451 g/mol. The number of Topliss-reactive ketones (excluding diaryl/α,β-unsaturated/α-hetero) is 1. The summed E-state index contributed by atoms with van der Waals surface area (Å²) in [5, 5.41) is 0. The van der Waals surface area contributed by atoms with Crippen LogP contribution in [0, 0.1) is 0 Å². The number of esters is 1. The van der Waals surface area contributed by atoms with Crippen molar-refractivity contribution in [1.82, 2.24) is 4.72 Å². The molecular weight excluding hydrogens is 426 g/mol. The fourth-order valence-corrected chi connectivity index (χ4v) is 4.16. The molecule has 168 valence electrons. The maximum absolute atomic E-state index is 12.6.